The van der Waals surface area contributed by atoms with E-state index in [0.717, 1.165) is 36.5 Å². The third kappa shape index (κ3) is 4.35. The van der Waals surface area contributed by atoms with Crippen molar-refractivity contribution in [1.82, 2.24) is 9.88 Å². The molecule has 1 atom stereocenters. The average molecular weight is 360 g/mol. The summed E-state index contributed by atoms with van der Waals surface area (Å²) in [6.45, 7) is 2.85. The molecule has 1 aliphatic rings. The number of likely N-dealkylation sites (tertiary alicyclic amines) is 1. The lowest BCUT2D eigenvalue weighted by atomic mass is 9.93. The van der Waals surface area contributed by atoms with Crippen LogP contribution in [-0.2, 0) is 18.8 Å². The van der Waals surface area contributed by atoms with Gasteiger partial charge in [0.25, 0.3) is 0 Å². The summed E-state index contributed by atoms with van der Waals surface area (Å²) >= 11 is 0. The van der Waals surface area contributed by atoms with Crippen LogP contribution in [0.3, 0.4) is 0 Å². The predicted octanol–water partition coefficient (Wildman–Crippen LogP) is 3.75. The molecule has 0 unspecified atom stereocenters. The lowest BCUT2D eigenvalue weighted by molar-refractivity contribution is 0.0453. The molecule has 2 heterocycles. The summed E-state index contributed by atoms with van der Waals surface area (Å²) in [6, 6.07) is 24.0. The molecule has 0 saturated carbocycles. The van der Waals surface area contributed by atoms with Crippen LogP contribution in [0.4, 0.5) is 0 Å². The van der Waals surface area contributed by atoms with E-state index in [1.165, 1.54) is 5.56 Å². The van der Waals surface area contributed by atoms with Gasteiger partial charge in [-0.05, 0) is 41.8 Å². The molecular weight excluding hydrogens is 336 g/mol. The first-order valence-corrected chi connectivity index (χ1v) is 9.33. The molecule has 0 radical (unpaired) electrons. The maximum Gasteiger partial charge on any atom is 0.130 e. The molecule has 1 aliphatic heterocycles. The number of benzene rings is 2. The van der Waals surface area contributed by atoms with Gasteiger partial charge in [0.15, 0.2) is 0 Å². The second kappa shape index (κ2) is 7.91. The minimum absolute atomic E-state index is 0.469. The van der Waals surface area contributed by atoms with Crippen molar-refractivity contribution in [3.05, 3.63) is 95.8 Å². The minimum atomic E-state index is -0.743. The molecule has 4 nitrogen and oxygen atoms in total. The molecule has 27 heavy (non-hydrogen) atoms. The zero-order valence-corrected chi connectivity index (χ0v) is 15.3. The van der Waals surface area contributed by atoms with E-state index in [0.29, 0.717) is 13.2 Å². The summed E-state index contributed by atoms with van der Waals surface area (Å²) in [7, 11) is 0. The molecule has 2 aromatic carbocycles. The molecule has 0 bridgehead atoms. The third-order valence-corrected chi connectivity index (χ3v) is 5.08. The number of aliphatic hydroxyl groups is 1. The van der Waals surface area contributed by atoms with Gasteiger partial charge in [-0.2, -0.15) is 0 Å². The highest BCUT2D eigenvalue weighted by Crippen LogP contribution is 2.32. The molecule has 3 aromatic rings. The molecule has 4 heteroatoms. The van der Waals surface area contributed by atoms with Crippen LogP contribution >= 0.6 is 0 Å². The van der Waals surface area contributed by atoms with Crippen LogP contribution in [0.15, 0.2) is 79.0 Å². The van der Waals surface area contributed by atoms with Gasteiger partial charge in [0.05, 0.1) is 5.69 Å². The molecule has 1 aromatic heterocycles. The number of aromatic nitrogens is 1. The molecule has 1 N–H and O–H groups in total. The van der Waals surface area contributed by atoms with Crippen molar-refractivity contribution < 1.29 is 9.84 Å². The van der Waals surface area contributed by atoms with E-state index in [9.17, 15) is 5.11 Å². The van der Waals surface area contributed by atoms with Gasteiger partial charge in [0.2, 0.25) is 0 Å². The lowest BCUT2D eigenvalue weighted by Crippen LogP contribution is -2.30. The fourth-order valence-electron chi connectivity index (χ4n) is 3.58. The van der Waals surface area contributed by atoms with Crippen LogP contribution in [0.2, 0.25) is 0 Å². The second-order valence-corrected chi connectivity index (χ2v) is 7.11. The van der Waals surface area contributed by atoms with Crippen molar-refractivity contribution in [2.24, 2.45) is 0 Å². The lowest BCUT2D eigenvalue weighted by Gasteiger charge is -2.24. The van der Waals surface area contributed by atoms with Crippen LogP contribution in [0.1, 0.15) is 23.2 Å². The van der Waals surface area contributed by atoms with Gasteiger partial charge in [-0.3, -0.25) is 9.88 Å². The minimum Gasteiger partial charge on any atom is -0.487 e. The molecule has 0 amide bonds. The van der Waals surface area contributed by atoms with Gasteiger partial charge in [0.1, 0.15) is 18.0 Å². The van der Waals surface area contributed by atoms with Gasteiger partial charge < -0.3 is 9.84 Å². The Morgan fingerprint density at radius 1 is 0.963 bits per heavy atom. The largest absolute Gasteiger partial charge is 0.487 e. The quantitative estimate of drug-likeness (QED) is 0.727. The zero-order chi connectivity index (χ0) is 18.5. The number of nitrogens with zero attached hydrogens (tertiary/aromatic N) is 2. The SMILES string of the molecule is O[C@@]1(c2ccccc2)CCN(Cc2ccc(OCc3ccccn3)cc2)C1. The van der Waals surface area contributed by atoms with Crippen molar-refractivity contribution in [3.8, 4) is 5.75 Å². The second-order valence-electron chi connectivity index (χ2n) is 7.11. The maximum absolute atomic E-state index is 11.0. The Balaban J connectivity index is 1.32. The fourth-order valence-corrected chi connectivity index (χ4v) is 3.58. The Labute approximate surface area is 160 Å². The van der Waals surface area contributed by atoms with Gasteiger partial charge in [0, 0.05) is 25.8 Å². The standard InChI is InChI=1S/C23H24N2O2/c26-23(20-6-2-1-3-7-20)13-15-25(18-23)16-19-9-11-22(12-10-19)27-17-21-8-4-5-14-24-21/h1-12,14,26H,13,15-18H2/t23-/m0/s1. The summed E-state index contributed by atoms with van der Waals surface area (Å²) in [5, 5.41) is 11.0. The van der Waals surface area contributed by atoms with E-state index in [4.69, 9.17) is 4.74 Å². The van der Waals surface area contributed by atoms with Crippen molar-refractivity contribution in [2.45, 2.75) is 25.2 Å². The van der Waals surface area contributed by atoms with Crippen molar-refractivity contribution in [1.29, 1.82) is 0 Å². The topological polar surface area (TPSA) is 45.6 Å². The Morgan fingerprint density at radius 3 is 2.48 bits per heavy atom. The van der Waals surface area contributed by atoms with E-state index in [-0.39, 0.29) is 0 Å². The molecule has 0 spiro atoms. The Bertz CT molecular complexity index is 853. The normalized spacial score (nSPS) is 19.9. The van der Waals surface area contributed by atoms with Crippen molar-refractivity contribution >= 4 is 0 Å². The highest BCUT2D eigenvalue weighted by Gasteiger charge is 2.37. The van der Waals surface area contributed by atoms with Crippen LogP contribution in [0.5, 0.6) is 5.75 Å². The first-order valence-electron chi connectivity index (χ1n) is 9.33. The van der Waals surface area contributed by atoms with Gasteiger partial charge >= 0.3 is 0 Å². The molecule has 4 rings (SSSR count). The molecule has 1 saturated heterocycles. The summed E-state index contributed by atoms with van der Waals surface area (Å²) in [4.78, 5) is 6.57. The zero-order valence-electron chi connectivity index (χ0n) is 15.3. The molecular formula is C23H24N2O2. The first kappa shape index (κ1) is 17.7. The van der Waals surface area contributed by atoms with Gasteiger partial charge in [-0.1, -0.05) is 48.5 Å². The average Bonchev–Trinajstić information content (AvgIpc) is 3.11. The van der Waals surface area contributed by atoms with Crippen molar-refractivity contribution in [3.63, 3.8) is 0 Å². The first-order chi connectivity index (χ1) is 13.2. The monoisotopic (exact) mass is 360 g/mol. The molecule has 1 fully saturated rings. The van der Waals surface area contributed by atoms with E-state index in [1.54, 1.807) is 6.20 Å². The van der Waals surface area contributed by atoms with Crippen LogP contribution < -0.4 is 4.74 Å². The predicted molar refractivity (Wildman–Crippen MR) is 105 cm³/mol. The summed E-state index contributed by atoms with van der Waals surface area (Å²) in [5.74, 6) is 0.839. The van der Waals surface area contributed by atoms with Crippen molar-refractivity contribution in [2.75, 3.05) is 13.1 Å². The fraction of sp³-hybridized carbons (Fsp3) is 0.261. The van der Waals surface area contributed by atoms with E-state index in [2.05, 4.69) is 22.0 Å². The van der Waals surface area contributed by atoms with E-state index in [1.807, 2.05) is 60.7 Å². The Morgan fingerprint density at radius 2 is 1.74 bits per heavy atom. The van der Waals surface area contributed by atoms with Crippen LogP contribution in [0, 0.1) is 0 Å². The van der Waals surface area contributed by atoms with E-state index >= 15 is 0 Å². The summed E-state index contributed by atoms with van der Waals surface area (Å²) in [5.41, 5.74) is 2.40. The Kier molecular flexibility index (Phi) is 5.19. The number of ether oxygens (including phenoxy) is 1. The number of pyridine rings is 1. The van der Waals surface area contributed by atoms with Crippen LogP contribution in [-0.4, -0.2) is 28.1 Å². The molecule has 138 valence electrons. The third-order valence-electron chi connectivity index (χ3n) is 5.08. The number of rotatable bonds is 6. The number of β-amino-alcohol motifs (C(OH)–C–C–N with tert-alkyl or cyclic N) is 1. The van der Waals surface area contributed by atoms with Crippen LogP contribution in [0.25, 0.3) is 0 Å². The number of hydrogen-bond acceptors (Lipinski definition) is 4. The van der Waals surface area contributed by atoms with Gasteiger partial charge in [-0.15, -0.1) is 0 Å². The van der Waals surface area contributed by atoms with E-state index < -0.39 is 5.60 Å². The summed E-state index contributed by atoms with van der Waals surface area (Å²) in [6.07, 6.45) is 2.54. The van der Waals surface area contributed by atoms with Gasteiger partial charge in [-0.25, -0.2) is 0 Å². The Hall–Kier alpha value is -2.69. The number of hydrogen-bond donors (Lipinski definition) is 1. The molecule has 0 aliphatic carbocycles. The highest BCUT2D eigenvalue weighted by molar-refractivity contribution is 5.28. The summed E-state index contributed by atoms with van der Waals surface area (Å²) < 4.78 is 5.79. The maximum atomic E-state index is 11.0. The smallest absolute Gasteiger partial charge is 0.130 e. The highest BCUT2D eigenvalue weighted by atomic mass is 16.5.